The Bertz CT molecular complexity index is 1600. The highest BCUT2D eigenvalue weighted by Crippen LogP contribution is 2.44. The third-order valence-corrected chi connectivity index (χ3v) is 8.44. The van der Waals surface area contributed by atoms with Gasteiger partial charge in [-0.05, 0) is 32.9 Å². The Morgan fingerprint density at radius 2 is 2.07 bits per heavy atom. The lowest BCUT2D eigenvalue weighted by Crippen LogP contribution is -2.74. The number of furan rings is 1. The van der Waals surface area contributed by atoms with Gasteiger partial charge in [0.15, 0.2) is 11.3 Å². The molecule has 0 aliphatic carbocycles. The fourth-order valence-corrected chi connectivity index (χ4v) is 6.06. The highest BCUT2D eigenvalue weighted by molar-refractivity contribution is 8.00. The molecule has 5 N–H and O–H groups in total. The summed E-state index contributed by atoms with van der Waals surface area (Å²) >= 11 is 1.22. The van der Waals surface area contributed by atoms with Crippen molar-refractivity contribution in [3.63, 3.8) is 0 Å². The summed E-state index contributed by atoms with van der Waals surface area (Å²) in [4.78, 5) is 61.0. The van der Waals surface area contributed by atoms with Crippen LogP contribution in [0.1, 0.15) is 31.0 Å². The topological polar surface area (TPSA) is 224 Å². The minimum absolute atomic E-state index is 0.0774. The minimum Gasteiger partial charge on any atom is -0.481 e. The van der Waals surface area contributed by atoms with Crippen LogP contribution in [0, 0.1) is 12.3 Å². The zero-order valence-electron chi connectivity index (χ0n) is 22.1. The first-order chi connectivity index (χ1) is 19.3. The highest BCUT2D eigenvalue weighted by atomic mass is 32.2. The predicted octanol–water partition coefficient (Wildman–Crippen LogP) is 1.00. The van der Waals surface area contributed by atoms with Gasteiger partial charge in [-0.1, -0.05) is 10.3 Å². The van der Waals surface area contributed by atoms with Crippen molar-refractivity contribution >= 4 is 58.1 Å². The SMILES string of the molecule is Cc1cc2cc(CC3(C(=O)O)CS[C@@H]4C(NC(=O)C(=NOC(C)(C)C(=O)O)c5cc(N)on5)C(=O)N4C3)ncc2o1. The van der Waals surface area contributed by atoms with Gasteiger partial charge in [-0.3, -0.25) is 19.4 Å². The molecule has 0 saturated carbocycles. The van der Waals surface area contributed by atoms with Gasteiger partial charge in [0.2, 0.25) is 17.4 Å². The quantitative estimate of drug-likeness (QED) is 0.156. The van der Waals surface area contributed by atoms with E-state index in [0.717, 1.165) is 5.39 Å². The predicted molar refractivity (Wildman–Crippen MR) is 143 cm³/mol. The molecule has 0 bridgehead atoms. The van der Waals surface area contributed by atoms with E-state index in [0.29, 0.717) is 17.0 Å². The number of hydrogen-bond acceptors (Lipinski definition) is 12. The van der Waals surface area contributed by atoms with E-state index in [1.165, 1.54) is 36.6 Å². The molecule has 2 saturated heterocycles. The Morgan fingerprint density at radius 3 is 2.73 bits per heavy atom. The number of fused-ring (bicyclic) bond motifs is 2. The van der Waals surface area contributed by atoms with Gasteiger partial charge < -0.3 is 39.9 Å². The van der Waals surface area contributed by atoms with E-state index in [4.69, 9.17) is 19.5 Å². The summed E-state index contributed by atoms with van der Waals surface area (Å²) in [5.74, 6) is -3.04. The molecule has 2 unspecified atom stereocenters. The van der Waals surface area contributed by atoms with Gasteiger partial charge in [-0.2, -0.15) is 0 Å². The number of nitrogens with one attached hydrogen (secondary N) is 1. The van der Waals surface area contributed by atoms with Crippen LogP contribution in [-0.2, 0) is 30.4 Å². The molecular weight excluding hydrogens is 560 g/mol. The van der Waals surface area contributed by atoms with Crippen LogP contribution in [0.2, 0.25) is 0 Å². The number of amides is 2. The fraction of sp³-hybridized carbons (Fsp3) is 0.400. The van der Waals surface area contributed by atoms with Crippen LogP contribution in [0.5, 0.6) is 0 Å². The summed E-state index contributed by atoms with van der Waals surface area (Å²) in [6.45, 7) is 4.19. The number of aromatic nitrogens is 2. The van der Waals surface area contributed by atoms with Crippen molar-refractivity contribution in [1.82, 2.24) is 20.4 Å². The molecule has 15 nitrogen and oxygen atoms in total. The number of nitrogens with zero attached hydrogens (tertiary/aromatic N) is 4. The maximum Gasteiger partial charge on any atom is 0.350 e. The van der Waals surface area contributed by atoms with Gasteiger partial charge in [0.05, 0.1) is 11.6 Å². The second kappa shape index (κ2) is 10.1. The molecule has 2 aliphatic rings. The van der Waals surface area contributed by atoms with E-state index >= 15 is 0 Å². The first-order valence-corrected chi connectivity index (χ1v) is 13.4. The Balaban J connectivity index is 1.31. The van der Waals surface area contributed by atoms with E-state index in [-0.39, 0.29) is 30.3 Å². The number of hydrogen-bond donors (Lipinski definition) is 4. The number of pyridine rings is 1. The number of carbonyl (C=O) groups is 4. The molecule has 216 valence electrons. The Labute approximate surface area is 236 Å². The number of rotatable bonds is 9. The molecular formula is C25H26N6O9S. The number of nitrogens with two attached hydrogens (primary N) is 1. The van der Waals surface area contributed by atoms with E-state index in [9.17, 15) is 29.4 Å². The summed E-state index contributed by atoms with van der Waals surface area (Å²) < 4.78 is 10.3. The molecule has 2 aliphatic heterocycles. The average Bonchev–Trinajstić information content (AvgIpc) is 3.51. The second-order valence-corrected chi connectivity index (χ2v) is 11.5. The number of anilines is 1. The lowest BCUT2D eigenvalue weighted by atomic mass is 9.82. The van der Waals surface area contributed by atoms with Crippen molar-refractivity contribution in [1.29, 1.82) is 0 Å². The summed E-state index contributed by atoms with van der Waals surface area (Å²) in [5.41, 5.74) is 3.03. The maximum absolute atomic E-state index is 13.2. The summed E-state index contributed by atoms with van der Waals surface area (Å²) in [6, 6.07) is 3.81. The molecule has 5 heterocycles. The van der Waals surface area contributed by atoms with Crippen LogP contribution in [0.15, 0.2) is 38.5 Å². The summed E-state index contributed by atoms with van der Waals surface area (Å²) in [5, 5.41) is 29.6. The number of carbonyl (C=O) groups excluding carboxylic acids is 2. The molecule has 0 spiro atoms. The minimum atomic E-state index is -1.78. The smallest absolute Gasteiger partial charge is 0.350 e. The maximum atomic E-state index is 13.2. The summed E-state index contributed by atoms with van der Waals surface area (Å²) in [7, 11) is 0. The largest absolute Gasteiger partial charge is 0.481 e. The van der Waals surface area contributed by atoms with E-state index in [1.54, 1.807) is 19.2 Å². The number of β-lactam (4-membered cyclic amide) rings is 1. The van der Waals surface area contributed by atoms with Crippen molar-refractivity contribution < 1.29 is 43.2 Å². The Morgan fingerprint density at radius 1 is 1.32 bits per heavy atom. The molecule has 3 aromatic rings. The molecule has 41 heavy (non-hydrogen) atoms. The van der Waals surface area contributed by atoms with E-state index < -0.39 is 51.9 Å². The fourth-order valence-electron chi connectivity index (χ4n) is 4.52. The zero-order valence-corrected chi connectivity index (χ0v) is 22.9. The van der Waals surface area contributed by atoms with Crippen LogP contribution in [0.4, 0.5) is 5.88 Å². The third-order valence-electron chi connectivity index (χ3n) is 6.85. The van der Waals surface area contributed by atoms with Crippen LogP contribution < -0.4 is 11.1 Å². The average molecular weight is 587 g/mol. The molecule has 3 aromatic heterocycles. The van der Waals surface area contributed by atoms with E-state index in [1.807, 2.05) is 6.07 Å². The highest BCUT2D eigenvalue weighted by Gasteiger charge is 2.57. The zero-order chi connectivity index (χ0) is 29.7. The van der Waals surface area contributed by atoms with Crippen molar-refractivity contribution in [2.75, 3.05) is 18.0 Å². The summed E-state index contributed by atoms with van der Waals surface area (Å²) in [6.07, 6.45) is 1.64. The van der Waals surface area contributed by atoms with Gasteiger partial charge in [-0.25, -0.2) is 4.79 Å². The molecule has 3 atom stereocenters. The lowest BCUT2D eigenvalue weighted by molar-refractivity contribution is -0.161. The molecule has 2 amide bonds. The number of aryl methyl sites for hydroxylation is 1. The number of thioether (sulfide) groups is 1. The van der Waals surface area contributed by atoms with Gasteiger partial charge >= 0.3 is 11.9 Å². The van der Waals surface area contributed by atoms with Gasteiger partial charge in [0, 0.05) is 35.9 Å². The first kappa shape index (κ1) is 27.9. The molecule has 0 radical (unpaired) electrons. The molecule has 2 fully saturated rings. The normalized spacial score (nSPS) is 22.7. The molecule has 0 aromatic carbocycles. The third kappa shape index (κ3) is 5.17. The number of aliphatic carboxylic acids is 2. The molecule has 16 heteroatoms. The number of carboxylic acid groups (broad SMARTS) is 2. The number of carboxylic acids is 2. The van der Waals surface area contributed by atoms with Gasteiger partial charge in [-0.15, -0.1) is 11.8 Å². The van der Waals surface area contributed by atoms with Crippen LogP contribution >= 0.6 is 11.8 Å². The van der Waals surface area contributed by atoms with Crippen LogP contribution in [0.25, 0.3) is 11.0 Å². The van der Waals surface area contributed by atoms with Crippen molar-refractivity contribution in [3.05, 3.63) is 41.5 Å². The standard InChI is InChI=1S/C25H26N6O9S/c1-11-4-12-5-13(27-8-15(12)38-11)7-25(23(36)37)9-31-20(33)18(21(31)41-10-25)28-19(32)17(14-6-16(26)39-29-14)30-40-24(2,3)22(34)35/h4-6,8,18,21H,7,9-10,26H2,1-3H3,(H,28,32)(H,34,35)(H,36,37)/t18?,21-,25?/m1/s1. The van der Waals surface area contributed by atoms with Gasteiger partial charge in [0.1, 0.15) is 22.9 Å². The Hall–Kier alpha value is -4.60. The first-order valence-electron chi connectivity index (χ1n) is 12.3. The number of nitrogen functional groups attached to an aromatic ring is 1. The monoisotopic (exact) mass is 586 g/mol. The van der Waals surface area contributed by atoms with E-state index in [2.05, 4.69) is 20.6 Å². The second-order valence-electron chi connectivity index (χ2n) is 10.4. The lowest BCUT2D eigenvalue weighted by Gasteiger charge is -2.53. The van der Waals surface area contributed by atoms with Crippen LogP contribution in [-0.4, -0.2) is 84.0 Å². The molecule has 5 rings (SSSR count). The van der Waals surface area contributed by atoms with Gasteiger partial charge in [0.25, 0.3) is 5.91 Å². The van der Waals surface area contributed by atoms with Crippen molar-refractivity contribution in [2.24, 2.45) is 10.6 Å². The Kier molecular flexibility index (Phi) is 6.89. The van der Waals surface area contributed by atoms with Crippen molar-refractivity contribution in [3.8, 4) is 0 Å². The van der Waals surface area contributed by atoms with Crippen molar-refractivity contribution in [2.45, 2.75) is 44.2 Å². The number of oxime groups is 1. The van der Waals surface area contributed by atoms with Crippen LogP contribution in [0.3, 0.4) is 0 Å².